The van der Waals surface area contributed by atoms with Crippen molar-refractivity contribution in [2.24, 2.45) is 11.7 Å². The summed E-state index contributed by atoms with van der Waals surface area (Å²) in [5.74, 6) is 0.539. The van der Waals surface area contributed by atoms with Gasteiger partial charge in [0, 0.05) is 19.5 Å². The van der Waals surface area contributed by atoms with Crippen molar-refractivity contribution in [3.8, 4) is 0 Å². The van der Waals surface area contributed by atoms with Crippen LogP contribution in [0.4, 0.5) is 0 Å². The van der Waals surface area contributed by atoms with Gasteiger partial charge in [0.25, 0.3) is 0 Å². The molecule has 2 N–H and O–H groups in total. The van der Waals surface area contributed by atoms with Gasteiger partial charge in [0.05, 0.1) is 0 Å². The van der Waals surface area contributed by atoms with E-state index < -0.39 is 0 Å². The lowest BCUT2D eigenvalue weighted by molar-refractivity contribution is -0.129. The maximum absolute atomic E-state index is 11.6. The zero-order chi connectivity index (χ0) is 16.4. The molecule has 3 nitrogen and oxygen atoms in total. The smallest absolute Gasteiger partial charge is 0.225 e. The fourth-order valence-corrected chi connectivity index (χ4v) is 2.40. The normalized spacial score (nSPS) is 18.5. The third-order valence-corrected chi connectivity index (χ3v) is 3.86. The summed E-state index contributed by atoms with van der Waals surface area (Å²) in [5.41, 5.74) is 7.85. The second kappa shape index (κ2) is 9.82. The number of nitrogens with two attached hydrogens (primary N) is 1. The van der Waals surface area contributed by atoms with Gasteiger partial charge in [-0.1, -0.05) is 47.5 Å². The Balaban J connectivity index is 0.000000287. The van der Waals surface area contributed by atoms with Gasteiger partial charge in [0.15, 0.2) is 0 Å². The van der Waals surface area contributed by atoms with Crippen LogP contribution in [0.25, 0.3) is 0 Å². The fourth-order valence-electron chi connectivity index (χ4n) is 2.40. The summed E-state index contributed by atoms with van der Waals surface area (Å²) >= 11 is 0. The Morgan fingerprint density at radius 2 is 2.05 bits per heavy atom. The van der Waals surface area contributed by atoms with Gasteiger partial charge in [-0.05, 0) is 45.4 Å². The van der Waals surface area contributed by atoms with E-state index in [9.17, 15) is 4.79 Å². The number of hydrogen-bond donors (Lipinski definition) is 1. The highest BCUT2D eigenvalue weighted by atomic mass is 16.2. The first-order chi connectivity index (χ1) is 10.5. The molecule has 1 heterocycles. The molecule has 0 bridgehead atoms. The Hall–Kier alpha value is -2.03. The Morgan fingerprint density at radius 1 is 1.36 bits per heavy atom. The van der Waals surface area contributed by atoms with Gasteiger partial charge in [0.2, 0.25) is 5.91 Å². The SMILES string of the molecule is C/C(=C/C=C\N)CCC1CCN(C)C1=O.Cc1ccccc1. The van der Waals surface area contributed by atoms with Gasteiger partial charge in [-0.2, -0.15) is 0 Å². The highest BCUT2D eigenvalue weighted by Gasteiger charge is 2.28. The summed E-state index contributed by atoms with van der Waals surface area (Å²) in [5, 5.41) is 0. The molecule has 1 unspecified atom stereocenters. The van der Waals surface area contributed by atoms with E-state index in [-0.39, 0.29) is 5.92 Å². The number of hydrogen-bond acceptors (Lipinski definition) is 2. The minimum absolute atomic E-state index is 0.236. The predicted molar refractivity (Wildman–Crippen MR) is 93.2 cm³/mol. The van der Waals surface area contributed by atoms with Crippen molar-refractivity contribution in [3.05, 3.63) is 59.8 Å². The molecule has 1 aliphatic rings. The van der Waals surface area contributed by atoms with Crippen molar-refractivity contribution in [1.29, 1.82) is 0 Å². The van der Waals surface area contributed by atoms with Gasteiger partial charge in [-0.3, -0.25) is 4.79 Å². The number of benzene rings is 1. The number of amides is 1. The van der Waals surface area contributed by atoms with Crippen LogP contribution in [0.15, 0.2) is 54.3 Å². The highest BCUT2D eigenvalue weighted by Crippen LogP contribution is 2.23. The van der Waals surface area contributed by atoms with E-state index >= 15 is 0 Å². The number of carbonyl (C=O) groups is 1. The molecule has 1 amide bonds. The first kappa shape index (κ1) is 18.0. The second-order valence-electron chi connectivity index (χ2n) is 5.84. The maximum atomic E-state index is 11.6. The van der Waals surface area contributed by atoms with Crippen LogP contribution in [0.5, 0.6) is 0 Å². The zero-order valence-electron chi connectivity index (χ0n) is 14.0. The minimum Gasteiger partial charge on any atom is -0.405 e. The number of aryl methyl sites for hydroxylation is 1. The van der Waals surface area contributed by atoms with E-state index in [0.717, 1.165) is 25.8 Å². The van der Waals surface area contributed by atoms with E-state index in [1.165, 1.54) is 17.3 Å². The lowest BCUT2D eigenvalue weighted by atomic mass is 9.99. The van der Waals surface area contributed by atoms with Crippen molar-refractivity contribution in [3.63, 3.8) is 0 Å². The van der Waals surface area contributed by atoms with E-state index in [1.54, 1.807) is 0 Å². The average molecular weight is 300 g/mol. The Kier molecular flexibility index (Phi) is 8.05. The first-order valence-electron chi connectivity index (χ1n) is 7.85. The van der Waals surface area contributed by atoms with Crippen LogP contribution in [0, 0.1) is 12.8 Å². The van der Waals surface area contributed by atoms with Crippen molar-refractivity contribution >= 4 is 5.91 Å². The molecular formula is C19H28N2O. The molecule has 1 aromatic carbocycles. The number of allylic oxidation sites excluding steroid dienone is 3. The van der Waals surface area contributed by atoms with Crippen LogP contribution in [-0.4, -0.2) is 24.4 Å². The molecule has 3 heteroatoms. The molecule has 22 heavy (non-hydrogen) atoms. The molecule has 0 aromatic heterocycles. The monoisotopic (exact) mass is 300 g/mol. The van der Waals surface area contributed by atoms with Crippen LogP contribution < -0.4 is 5.73 Å². The molecule has 0 radical (unpaired) electrons. The predicted octanol–water partition coefficient (Wildman–Crippen LogP) is 3.66. The van der Waals surface area contributed by atoms with Gasteiger partial charge in [0.1, 0.15) is 0 Å². The summed E-state index contributed by atoms with van der Waals surface area (Å²) in [4.78, 5) is 13.4. The topological polar surface area (TPSA) is 46.3 Å². The maximum Gasteiger partial charge on any atom is 0.225 e. The van der Waals surface area contributed by atoms with Gasteiger partial charge < -0.3 is 10.6 Å². The highest BCUT2D eigenvalue weighted by molar-refractivity contribution is 5.80. The van der Waals surface area contributed by atoms with Gasteiger partial charge in [-0.25, -0.2) is 0 Å². The van der Waals surface area contributed by atoms with E-state index in [4.69, 9.17) is 5.73 Å². The molecule has 0 aliphatic carbocycles. The quantitative estimate of drug-likeness (QED) is 0.863. The number of rotatable bonds is 4. The third-order valence-electron chi connectivity index (χ3n) is 3.86. The van der Waals surface area contributed by atoms with Crippen LogP contribution in [0.2, 0.25) is 0 Å². The molecule has 120 valence electrons. The number of likely N-dealkylation sites (tertiary alicyclic amines) is 1. The van der Waals surface area contributed by atoms with Crippen molar-refractivity contribution in [1.82, 2.24) is 4.90 Å². The lowest BCUT2D eigenvalue weighted by Gasteiger charge is -2.09. The standard InChI is InChI=1S/C12H20N2O.C7H8/c1-10(4-3-8-13)5-6-11-7-9-14(2)12(11)15;1-7-5-3-2-4-6-7/h3-4,8,11H,5-7,9,13H2,1-2H3;2-6H,1H3/b8-3-,10-4-;. The van der Waals surface area contributed by atoms with Gasteiger partial charge >= 0.3 is 0 Å². The van der Waals surface area contributed by atoms with Crippen molar-refractivity contribution in [2.75, 3.05) is 13.6 Å². The lowest BCUT2D eigenvalue weighted by Crippen LogP contribution is -2.22. The van der Waals surface area contributed by atoms with Crippen LogP contribution in [-0.2, 0) is 4.79 Å². The average Bonchev–Trinajstić information content (AvgIpc) is 2.84. The zero-order valence-corrected chi connectivity index (χ0v) is 14.0. The summed E-state index contributed by atoms with van der Waals surface area (Å²) in [6.07, 6.45) is 8.31. The summed E-state index contributed by atoms with van der Waals surface area (Å²) < 4.78 is 0. The summed E-state index contributed by atoms with van der Waals surface area (Å²) in [6, 6.07) is 10.3. The second-order valence-corrected chi connectivity index (χ2v) is 5.84. The van der Waals surface area contributed by atoms with Crippen LogP contribution >= 0.6 is 0 Å². The molecule has 2 rings (SSSR count). The molecule has 1 aliphatic heterocycles. The summed E-state index contributed by atoms with van der Waals surface area (Å²) in [7, 11) is 1.88. The molecule has 1 atom stereocenters. The van der Waals surface area contributed by atoms with Gasteiger partial charge in [-0.15, -0.1) is 0 Å². The van der Waals surface area contributed by atoms with E-state index in [1.807, 2.05) is 42.3 Å². The number of nitrogens with zero attached hydrogens (tertiary/aromatic N) is 1. The molecule has 1 fully saturated rings. The minimum atomic E-state index is 0.236. The Morgan fingerprint density at radius 3 is 2.50 bits per heavy atom. The fraction of sp³-hybridized carbons (Fsp3) is 0.421. The summed E-state index contributed by atoms with van der Waals surface area (Å²) in [6.45, 7) is 5.07. The van der Waals surface area contributed by atoms with Crippen LogP contribution in [0.1, 0.15) is 31.7 Å². The molecule has 1 aromatic rings. The van der Waals surface area contributed by atoms with Crippen molar-refractivity contribution in [2.45, 2.75) is 33.1 Å². The molecule has 0 spiro atoms. The van der Waals surface area contributed by atoms with E-state index in [0.29, 0.717) is 5.91 Å². The number of carbonyl (C=O) groups excluding carboxylic acids is 1. The first-order valence-corrected chi connectivity index (χ1v) is 7.85. The Bertz CT molecular complexity index is 505. The molecular weight excluding hydrogens is 272 g/mol. The molecule has 0 saturated carbocycles. The largest absolute Gasteiger partial charge is 0.405 e. The Labute approximate surface area is 134 Å². The molecule has 1 saturated heterocycles. The van der Waals surface area contributed by atoms with Crippen LogP contribution in [0.3, 0.4) is 0 Å². The third kappa shape index (κ3) is 6.61. The van der Waals surface area contributed by atoms with Crippen molar-refractivity contribution < 1.29 is 4.79 Å². The van der Waals surface area contributed by atoms with E-state index in [2.05, 4.69) is 26.0 Å².